The van der Waals surface area contributed by atoms with Crippen molar-refractivity contribution in [1.82, 2.24) is 9.62 Å². The van der Waals surface area contributed by atoms with Crippen LogP contribution in [-0.4, -0.2) is 32.3 Å². The van der Waals surface area contributed by atoms with Crippen LogP contribution in [0.3, 0.4) is 0 Å². The van der Waals surface area contributed by atoms with Gasteiger partial charge in [-0.05, 0) is 78.8 Å². The van der Waals surface area contributed by atoms with Crippen LogP contribution < -0.4 is 4.72 Å². The third-order valence-corrected chi connectivity index (χ3v) is 7.38. The van der Waals surface area contributed by atoms with Crippen molar-refractivity contribution in [3.05, 3.63) is 95.7 Å². The first-order valence-electron chi connectivity index (χ1n) is 11.2. The lowest BCUT2D eigenvalue weighted by atomic mass is 9.90. The molecule has 0 atom stereocenters. The molecule has 1 aromatic heterocycles. The van der Waals surface area contributed by atoms with Crippen LogP contribution in [0.5, 0.6) is 0 Å². The van der Waals surface area contributed by atoms with Gasteiger partial charge >= 0.3 is 0 Å². The lowest BCUT2D eigenvalue weighted by Crippen LogP contribution is -2.37. The van der Waals surface area contributed by atoms with Gasteiger partial charge in [0.15, 0.2) is 0 Å². The van der Waals surface area contributed by atoms with Crippen molar-refractivity contribution in [2.24, 2.45) is 5.92 Å². The first-order valence-corrected chi connectivity index (χ1v) is 12.7. The van der Waals surface area contributed by atoms with Gasteiger partial charge in [0.2, 0.25) is 15.9 Å². The Bertz CT molecular complexity index is 1230. The predicted molar refractivity (Wildman–Crippen MR) is 128 cm³/mol. The molecule has 1 saturated heterocycles. The van der Waals surface area contributed by atoms with E-state index in [0.717, 1.165) is 30.4 Å². The van der Waals surface area contributed by atoms with E-state index in [1.165, 1.54) is 30.5 Å². The molecule has 34 heavy (non-hydrogen) atoms. The lowest BCUT2D eigenvalue weighted by Gasteiger charge is -2.31. The fourth-order valence-corrected chi connectivity index (χ4v) is 5.04. The first-order chi connectivity index (χ1) is 16.4. The Morgan fingerprint density at radius 3 is 2.53 bits per heavy atom. The third-order valence-electron chi connectivity index (χ3n) is 5.96. The summed E-state index contributed by atoms with van der Waals surface area (Å²) in [4.78, 5) is 14.5. The molecule has 1 aliphatic rings. The third kappa shape index (κ3) is 6.42. The average molecular weight is 483 g/mol. The van der Waals surface area contributed by atoms with Crippen LogP contribution in [0, 0.1) is 11.7 Å². The quantitative estimate of drug-likeness (QED) is 0.483. The van der Waals surface area contributed by atoms with Crippen molar-refractivity contribution >= 4 is 22.0 Å². The van der Waals surface area contributed by atoms with Crippen molar-refractivity contribution in [1.29, 1.82) is 0 Å². The summed E-state index contributed by atoms with van der Waals surface area (Å²) in [6.45, 7) is 1.41. The minimum atomic E-state index is -3.66. The molecule has 4 rings (SSSR count). The molecule has 1 amide bonds. The Morgan fingerprint density at radius 2 is 1.85 bits per heavy atom. The van der Waals surface area contributed by atoms with E-state index in [1.54, 1.807) is 42.5 Å². The van der Waals surface area contributed by atoms with Gasteiger partial charge in [-0.2, -0.15) is 0 Å². The number of amides is 1. The van der Waals surface area contributed by atoms with E-state index in [2.05, 4.69) is 4.72 Å². The molecule has 1 N–H and O–H groups in total. The molecule has 0 saturated carbocycles. The summed E-state index contributed by atoms with van der Waals surface area (Å²) in [5.74, 6) is 0.678. The van der Waals surface area contributed by atoms with Gasteiger partial charge in [-0.1, -0.05) is 24.3 Å². The van der Waals surface area contributed by atoms with Crippen molar-refractivity contribution in [3.63, 3.8) is 0 Å². The van der Waals surface area contributed by atoms with Gasteiger partial charge in [-0.15, -0.1) is 0 Å². The van der Waals surface area contributed by atoms with Crippen molar-refractivity contribution in [3.8, 4) is 0 Å². The van der Waals surface area contributed by atoms with Crippen LogP contribution >= 0.6 is 0 Å². The molecular weight excluding hydrogens is 455 g/mol. The number of piperidine rings is 1. The highest BCUT2D eigenvalue weighted by molar-refractivity contribution is 7.89. The zero-order valence-corrected chi connectivity index (χ0v) is 19.5. The zero-order valence-electron chi connectivity index (χ0n) is 18.7. The largest absolute Gasteiger partial charge is 0.468 e. The molecule has 1 fully saturated rings. The number of carbonyl (C=O) groups is 1. The minimum Gasteiger partial charge on any atom is -0.468 e. The normalized spacial score (nSPS) is 15.1. The Kier molecular flexibility index (Phi) is 7.59. The second-order valence-electron chi connectivity index (χ2n) is 8.41. The number of halogens is 1. The second kappa shape index (κ2) is 10.8. The van der Waals surface area contributed by atoms with Crippen LogP contribution in [0.15, 0.2) is 82.3 Å². The van der Waals surface area contributed by atoms with Gasteiger partial charge in [0.1, 0.15) is 11.6 Å². The average Bonchev–Trinajstić information content (AvgIpc) is 3.36. The summed E-state index contributed by atoms with van der Waals surface area (Å²) in [5.41, 5.74) is 1.73. The number of hydrogen-bond acceptors (Lipinski definition) is 4. The maximum atomic E-state index is 13.4. The summed E-state index contributed by atoms with van der Waals surface area (Å²) in [5, 5.41) is 0. The van der Waals surface area contributed by atoms with E-state index in [9.17, 15) is 17.6 Å². The summed E-state index contributed by atoms with van der Waals surface area (Å²) in [6.07, 6.45) is 7.28. The highest BCUT2D eigenvalue weighted by Crippen LogP contribution is 2.22. The van der Waals surface area contributed by atoms with E-state index in [-0.39, 0.29) is 23.2 Å². The molecule has 0 radical (unpaired) electrons. The maximum absolute atomic E-state index is 13.4. The van der Waals surface area contributed by atoms with Crippen LogP contribution in [0.2, 0.25) is 0 Å². The molecule has 0 aliphatic carbocycles. The Labute approximate surface area is 199 Å². The Morgan fingerprint density at radius 1 is 1.09 bits per heavy atom. The number of nitrogens with zero attached hydrogens (tertiary/aromatic N) is 1. The van der Waals surface area contributed by atoms with Gasteiger partial charge in [0.05, 0.1) is 17.7 Å². The molecule has 0 spiro atoms. The number of carbonyl (C=O) groups excluding carboxylic acids is 1. The smallest absolute Gasteiger partial charge is 0.246 e. The standard InChI is InChI=1S/C26H27FN2O4S/c27-23-4-1-3-22(18-23)17-21-12-14-29(15-13-21)26(30)11-8-20-6-9-25(10-7-20)34(31,32)28-19-24-5-2-16-33-24/h1-11,16,18,21,28H,12-15,17,19H2/b11-8+. The van der Waals surface area contributed by atoms with E-state index in [0.29, 0.717) is 24.8 Å². The molecular formula is C26H27FN2O4S. The van der Waals surface area contributed by atoms with Crippen LogP contribution in [0.4, 0.5) is 4.39 Å². The highest BCUT2D eigenvalue weighted by Gasteiger charge is 2.22. The maximum Gasteiger partial charge on any atom is 0.246 e. The first kappa shape index (κ1) is 23.9. The van der Waals surface area contributed by atoms with Gasteiger partial charge in [-0.25, -0.2) is 17.5 Å². The number of benzene rings is 2. The molecule has 1 aliphatic heterocycles. The van der Waals surface area contributed by atoms with Gasteiger partial charge in [0.25, 0.3) is 0 Å². The van der Waals surface area contributed by atoms with Crippen LogP contribution in [0.25, 0.3) is 6.08 Å². The molecule has 2 aromatic carbocycles. The fraction of sp³-hybridized carbons (Fsp3) is 0.269. The number of furan rings is 1. The van der Waals surface area contributed by atoms with E-state index < -0.39 is 10.0 Å². The fourth-order valence-electron chi connectivity index (χ4n) is 4.05. The van der Waals surface area contributed by atoms with Crippen LogP contribution in [0.1, 0.15) is 29.7 Å². The topological polar surface area (TPSA) is 79.6 Å². The number of sulfonamides is 1. The van der Waals surface area contributed by atoms with E-state index in [4.69, 9.17) is 4.42 Å². The van der Waals surface area contributed by atoms with Gasteiger partial charge in [0, 0.05) is 19.2 Å². The van der Waals surface area contributed by atoms with Gasteiger partial charge in [-0.3, -0.25) is 4.79 Å². The molecule has 3 aromatic rings. The molecule has 0 bridgehead atoms. The summed E-state index contributed by atoms with van der Waals surface area (Å²) in [6, 6.07) is 16.4. The predicted octanol–water partition coefficient (Wildman–Crippen LogP) is 4.39. The Hall–Kier alpha value is -3.23. The molecule has 2 heterocycles. The summed E-state index contributed by atoms with van der Waals surface area (Å²) < 4.78 is 45.9. The van der Waals surface area contributed by atoms with E-state index in [1.807, 2.05) is 11.0 Å². The van der Waals surface area contributed by atoms with Crippen molar-refractivity contribution in [2.45, 2.75) is 30.7 Å². The van der Waals surface area contributed by atoms with Crippen molar-refractivity contribution in [2.75, 3.05) is 13.1 Å². The number of nitrogens with one attached hydrogen (secondary N) is 1. The lowest BCUT2D eigenvalue weighted by molar-refractivity contribution is -0.127. The summed E-state index contributed by atoms with van der Waals surface area (Å²) in [7, 11) is -3.66. The molecule has 8 heteroatoms. The SMILES string of the molecule is O=C(/C=C/c1ccc(S(=O)(=O)NCc2ccco2)cc1)N1CCC(Cc2cccc(F)c2)CC1. The van der Waals surface area contributed by atoms with Gasteiger partial charge < -0.3 is 9.32 Å². The van der Waals surface area contributed by atoms with Crippen LogP contribution in [-0.2, 0) is 27.8 Å². The minimum absolute atomic E-state index is 0.0685. The molecule has 178 valence electrons. The number of rotatable bonds is 8. The number of hydrogen-bond donors (Lipinski definition) is 1. The molecule has 6 nitrogen and oxygen atoms in total. The zero-order chi connectivity index (χ0) is 24.0. The number of likely N-dealkylation sites (tertiary alicyclic amines) is 1. The second-order valence-corrected chi connectivity index (χ2v) is 10.2. The summed E-state index contributed by atoms with van der Waals surface area (Å²) >= 11 is 0. The van der Waals surface area contributed by atoms with E-state index >= 15 is 0 Å². The van der Waals surface area contributed by atoms with Crippen molar-refractivity contribution < 1.29 is 22.0 Å². The highest BCUT2D eigenvalue weighted by atomic mass is 32.2. The molecule has 0 unspecified atom stereocenters. The monoisotopic (exact) mass is 482 g/mol. The Balaban J connectivity index is 1.27.